The van der Waals surface area contributed by atoms with Crippen LogP contribution in [0, 0.1) is 6.92 Å². The summed E-state index contributed by atoms with van der Waals surface area (Å²) in [6.07, 6.45) is -2.51. The van der Waals surface area contributed by atoms with Gasteiger partial charge in [-0.3, -0.25) is 4.79 Å². The van der Waals surface area contributed by atoms with Crippen LogP contribution in [0.5, 0.6) is 0 Å². The molecule has 1 aliphatic carbocycles. The normalized spacial score (nSPS) is 13.7. The van der Waals surface area contributed by atoms with Crippen LogP contribution in [0.1, 0.15) is 51.6 Å². The van der Waals surface area contributed by atoms with Crippen LogP contribution in [0.2, 0.25) is 5.02 Å². The van der Waals surface area contributed by atoms with Crippen LogP contribution in [0.4, 0.5) is 24.5 Å². The van der Waals surface area contributed by atoms with Gasteiger partial charge in [-0.05, 0) is 61.7 Å². The summed E-state index contributed by atoms with van der Waals surface area (Å²) in [4.78, 5) is 20.9. The van der Waals surface area contributed by atoms with Crippen molar-refractivity contribution in [2.75, 3.05) is 10.6 Å². The molecule has 35 heavy (non-hydrogen) atoms. The van der Waals surface area contributed by atoms with E-state index in [2.05, 4.69) is 15.6 Å². The molecule has 0 unspecified atom stereocenters. The largest absolute Gasteiger partial charge is 0.417 e. The van der Waals surface area contributed by atoms with Gasteiger partial charge < -0.3 is 15.6 Å². The predicted octanol–water partition coefficient (Wildman–Crippen LogP) is 7.29. The molecule has 1 saturated carbocycles. The number of nitrogens with one attached hydrogen (secondary N) is 3. The standard InChI is InChI=1S/C26H22ClF3N4O/c1-14-20(27)7-4-8-21(14)31-13-16-11-17(12-22-23(16)34-24(33-22)15-9-10-15)32-25(35)18-5-2-3-6-19(18)26(28,29)30/h2-8,11-12,15,31H,9-10,13H2,1H3,(H,32,35)(H,33,34). The number of hydrogen-bond acceptors (Lipinski definition) is 3. The molecule has 4 aromatic rings. The first kappa shape index (κ1) is 23.2. The van der Waals surface area contributed by atoms with E-state index in [1.807, 2.05) is 25.1 Å². The van der Waals surface area contributed by atoms with E-state index in [-0.39, 0.29) is 0 Å². The molecule has 1 aromatic heterocycles. The Balaban J connectivity index is 1.48. The van der Waals surface area contributed by atoms with Gasteiger partial charge in [0.25, 0.3) is 5.91 Å². The fourth-order valence-electron chi connectivity index (χ4n) is 4.08. The summed E-state index contributed by atoms with van der Waals surface area (Å²) in [6, 6.07) is 13.8. The van der Waals surface area contributed by atoms with E-state index in [4.69, 9.17) is 16.6 Å². The number of fused-ring (bicyclic) bond motifs is 1. The fraction of sp³-hybridized carbons (Fsp3) is 0.231. The molecular formula is C26H22ClF3N4O. The molecule has 5 nitrogen and oxygen atoms in total. The molecule has 5 rings (SSSR count). The lowest BCUT2D eigenvalue weighted by Gasteiger charge is -2.14. The highest BCUT2D eigenvalue weighted by Gasteiger charge is 2.35. The summed E-state index contributed by atoms with van der Waals surface area (Å²) in [6.45, 7) is 2.30. The summed E-state index contributed by atoms with van der Waals surface area (Å²) < 4.78 is 40.2. The Kier molecular flexibility index (Phi) is 5.92. The molecule has 0 atom stereocenters. The molecule has 1 aliphatic rings. The van der Waals surface area contributed by atoms with Crippen LogP contribution >= 0.6 is 11.6 Å². The minimum absolute atomic E-state index is 0.380. The van der Waals surface area contributed by atoms with Crippen molar-refractivity contribution < 1.29 is 18.0 Å². The Labute approximate surface area is 204 Å². The van der Waals surface area contributed by atoms with Crippen molar-refractivity contribution in [2.24, 2.45) is 0 Å². The van der Waals surface area contributed by atoms with Crippen molar-refractivity contribution >= 4 is 39.9 Å². The van der Waals surface area contributed by atoms with E-state index in [9.17, 15) is 18.0 Å². The lowest BCUT2D eigenvalue weighted by atomic mass is 10.1. The number of anilines is 2. The van der Waals surface area contributed by atoms with Gasteiger partial charge in [-0.2, -0.15) is 13.2 Å². The maximum absolute atomic E-state index is 13.4. The van der Waals surface area contributed by atoms with Gasteiger partial charge in [0.2, 0.25) is 0 Å². The van der Waals surface area contributed by atoms with Crippen molar-refractivity contribution in [3.8, 4) is 0 Å². The van der Waals surface area contributed by atoms with Gasteiger partial charge in [-0.25, -0.2) is 4.98 Å². The number of alkyl halides is 3. The third kappa shape index (κ3) is 4.84. The Bertz CT molecular complexity index is 1430. The molecule has 180 valence electrons. The number of amides is 1. The van der Waals surface area contributed by atoms with E-state index < -0.39 is 23.2 Å². The zero-order valence-corrected chi connectivity index (χ0v) is 19.5. The molecule has 0 aliphatic heterocycles. The molecule has 0 bridgehead atoms. The number of nitrogens with zero attached hydrogens (tertiary/aromatic N) is 1. The topological polar surface area (TPSA) is 69.8 Å². The van der Waals surface area contributed by atoms with Crippen LogP contribution in [-0.2, 0) is 12.7 Å². The minimum Gasteiger partial charge on any atom is -0.381 e. The number of H-pyrrole nitrogens is 1. The summed E-state index contributed by atoms with van der Waals surface area (Å²) >= 11 is 6.24. The highest BCUT2D eigenvalue weighted by molar-refractivity contribution is 6.31. The van der Waals surface area contributed by atoms with Crippen molar-refractivity contribution in [1.29, 1.82) is 0 Å². The summed E-state index contributed by atoms with van der Waals surface area (Å²) in [5.74, 6) is 0.435. The monoisotopic (exact) mass is 498 g/mol. The van der Waals surface area contributed by atoms with E-state index >= 15 is 0 Å². The van der Waals surface area contributed by atoms with Gasteiger partial charge in [0.05, 0.1) is 22.2 Å². The van der Waals surface area contributed by atoms with E-state index in [1.54, 1.807) is 12.1 Å². The number of imidazole rings is 1. The number of carbonyl (C=O) groups excluding carboxylic acids is 1. The Morgan fingerprint density at radius 3 is 2.66 bits per heavy atom. The SMILES string of the molecule is Cc1c(Cl)cccc1NCc1cc(NC(=O)c2ccccc2C(F)(F)F)cc2[nH]c(C3CC3)nc12. The van der Waals surface area contributed by atoms with Crippen molar-refractivity contribution in [3.63, 3.8) is 0 Å². The van der Waals surface area contributed by atoms with E-state index in [1.165, 1.54) is 18.2 Å². The van der Waals surface area contributed by atoms with Crippen molar-refractivity contribution in [3.05, 3.63) is 87.7 Å². The van der Waals surface area contributed by atoms with Gasteiger partial charge in [0, 0.05) is 34.4 Å². The zero-order valence-electron chi connectivity index (χ0n) is 18.8. The van der Waals surface area contributed by atoms with Gasteiger partial charge in [-0.15, -0.1) is 0 Å². The maximum Gasteiger partial charge on any atom is 0.417 e. The smallest absolute Gasteiger partial charge is 0.381 e. The second kappa shape index (κ2) is 8.92. The number of halogens is 4. The average Bonchev–Trinajstić information content (AvgIpc) is 3.58. The Hall–Kier alpha value is -3.52. The molecule has 1 fully saturated rings. The number of hydrogen-bond donors (Lipinski definition) is 3. The summed E-state index contributed by atoms with van der Waals surface area (Å²) in [5, 5.41) is 6.64. The van der Waals surface area contributed by atoms with Crippen LogP contribution in [0.15, 0.2) is 54.6 Å². The zero-order chi connectivity index (χ0) is 24.7. The third-order valence-electron chi connectivity index (χ3n) is 6.12. The third-order valence-corrected chi connectivity index (χ3v) is 6.53. The van der Waals surface area contributed by atoms with Crippen molar-refractivity contribution in [1.82, 2.24) is 9.97 Å². The Morgan fingerprint density at radius 1 is 1.14 bits per heavy atom. The molecular weight excluding hydrogens is 477 g/mol. The molecule has 1 amide bonds. The molecule has 1 heterocycles. The molecule has 9 heteroatoms. The van der Waals surface area contributed by atoms with Crippen LogP contribution in [0.25, 0.3) is 11.0 Å². The first-order valence-electron chi connectivity index (χ1n) is 11.2. The minimum atomic E-state index is -4.63. The lowest BCUT2D eigenvalue weighted by Crippen LogP contribution is -2.18. The maximum atomic E-state index is 13.4. The van der Waals surface area contributed by atoms with E-state index in [0.29, 0.717) is 28.7 Å². The van der Waals surface area contributed by atoms with Crippen LogP contribution in [0.3, 0.4) is 0 Å². The lowest BCUT2D eigenvalue weighted by molar-refractivity contribution is -0.137. The molecule has 3 N–H and O–H groups in total. The first-order valence-corrected chi connectivity index (χ1v) is 11.6. The predicted molar refractivity (Wildman–Crippen MR) is 131 cm³/mol. The number of benzene rings is 3. The number of carbonyl (C=O) groups is 1. The van der Waals surface area contributed by atoms with Crippen molar-refractivity contribution in [2.45, 2.75) is 38.4 Å². The molecule has 0 spiro atoms. The van der Waals surface area contributed by atoms with Gasteiger partial charge in [0.15, 0.2) is 0 Å². The summed E-state index contributed by atoms with van der Waals surface area (Å²) in [7, 11) is 0. The number of rotatable bonds is 6. The highest BCUT2D eigenvalue weighted by Crippen LogP contribution is 2.40. The Morgan fingerprint density at radius 2 is 1.91 bits per heavy atom. The molecule has 0 saturated heterocycles. The average molecular weight is 499 g/mol. The van der Waals surface area contributed by atoms with Gasteiger partial charge in [0.1, 0.15) is 5.82 Å². The second-order valence-electron chi connectivity index (χ2n) is 8.69. The first-order chi connectivity index (χ1) is 16.7. The quantitative estimate of drug-likeness (QED) is 0.261. The number of aromatic nitrogens is 2. The highest BCUT2D eigenvalue weighted by atomic mass is 35.5. The van der Waals surface area contributed by atoms with E-state index in [0.717, 1.165) is 47.1 Å². The van der Waals surface area contributed by atoms with Crippen LogP contribution < -0.4 is 10.6 Å². The molecule has 0 radical (unpaired) electrons. The summed E-state index contributed by atoms with van der Waals surface area (Å²) in [5.41, 5.74) is 3.00. The fourth-order valence-corrected chi connectivity index (χ4v) is 4.26. The van der Waals surface area contributed by atoms with Gasteiger partial charge >= 0.3 is 6.18 Å². The van der Waals surface area contributed by atoms with Gasteiger partial charge in [-0.1, -0.05) is 29.8 Å². The second-order valence-corrected chi connectivity index (χ2v) is 9.10. The number of aromatic amines is 1. The molecule has 3 aromatic carbocycles. The van der Waals surface area contributed by atoms with Crippen LogP contribution in [-0.4, -0.2) is 15.9 Å².